The Kier molecular flexibility index (Phi) is 9.19. The summed E-state index contributed by atoms with van der Waals surface area (Å²) in [6, 6.07) is 14.5. The van der Waals surface area contributed by atoms with Gasteiger partial charge in [0.15, 0.2) is 0 Å². The molecule has 1 atom stereocenters. The Morgan fingerprint density at radius 2 is 1.79 bits per heavy atom. The van der Waals surface area contributed by atoms with E-state index in [1.807, 2.05) is 67.3 Å². The minimum atomic E-state index is -0.625. The number of hydrogen-bond acceptors (Lipinski definition) is 5. The number of hydrogen-bond donors (Lipinski definition) is 1. The Morgan fingerprint density at radius 1 is 1.05 bits per heavy atom. The van der Waals surface area contributed by atoms with E-state index < -0.39 is 12.0 Å². The van der Waals surface area contributed by atoms with E-state index in [1.54, 1.807) is 17.9 Å². The molecule has 0 aliphatic carbocycles. The van der Waals surface area contributed by atoms with Crippen LogP contribution in [0.2, 0.25) is 0 Å². The number of nitrogens with one attached hydrogen (secondary N) is 1. The topological polar surface area (TPSA) is 82.2 Å². The Labute approximate surface area is 230 Å². The Bertz CT molecular complexity index is 1250. The molecular weight excluding hydrogens is 492 g/mol. The highest BCUT2D eigenvalue weighted by Crippen LogP contribution is 2.33. The molecule has 4 rings (SSSR count). The van der Waals surface area contributed by atoms with Crippen LogP contribution in [-0.4, -0.2) is 78.5 Å². The molecule has 0 spiro atoms. The van der Waals surface area contributed by atoms with Gasteiger partial charge in [-0.25, -0.2) is 9.59 Å². The summed E-state index contributed by atoms with van der Waals surface area (Å²) in [7, 11) is 0. The number of benzene rings is 2. The van der Waals surface area contributed by atoms with Gasteiger partial charge in [-0.05, 0) is 50.5 Å². The molecular formula is C31H38N4O4. The molecule has 8 nitrogen and oxygen atoms in total. The van der Waals surface area contributed by atoms with Crippen molar-refractivity contribution in [3.63, 3.8) is 0 Å². The number of ether oxygens (including phenoxy) is 1. The second-order valence-electron chi connectivity index (χ2n) is 10.0. The molecule has 2 aromatic carbocycles. The number of carbonyl (C=O) groups excluding carboxylic acids is 3. The van der Waals surface area contributed by atoms with E-state index in [4.69, 9.17) is 4.74 Å². The smallest absolute Gasteiger partial charge is 0.338 e. The van der Waals surface area contributed by atoms with Gasteiger partial charge in [-0.2, -0.15) is 0 Å². The zero-order chi connectivity index (χ0) is 27.9. The van der Waals surface area contributed by atoms with Crippen LogP contribution in [0.3, 0.4) is 0 Å². The zero-order valence-corrected chi connectivity index (χ0v) is 23.1. The number of urea groups is 1. The highest BCUT2D eigenvalue weighted by molar-refractivity contribution is 5.95. The Hall–Kier alpha value is -3.91. The van der Waals surface area contributed by atoms with E-state index in [2.05, 4.69) is 16.8 Å². The molecule has 206 valence electrons. The van der Waals surface area contributed by atoms with Crippen LogP contribution in [-0.2, 0) is 9.53 Å². The molecule has 1 unspecified atom stereocenters. The molecule has 0 saturated carbocycles. The molecule has 1 N–H and O–H groups in total. The van der Waals surface area contributed by atoms with E-state index in [1.165, 1.54) is 0 Å². The van der Waals surface area contributed by atoms with E-state index in [-0.39, 0.29) is 25.1 Å². The number of nitrogens with zero attached hydrogens (tertiary/aromatic N) is 3. The summed E-state index contributed by atoms with van der Waals surface area (Å²) < 4.78 is 5.51. The van der Waals surface area contributed by atoms with Crippen molar-refractivity contribution < 1.29 is 19.1 Å². The van der Waals surface area contributed by atoms with Crippen LogP contribution in [0.1, 0.15) is 46.4 Å². The van der Waals surface area contributed by atoms with E-state index >= 15 is 0 Å². The van der Waals surface area contributed by atoms with Crippen molar-refractivity contribution >= 4 is 17.9 Å². The van der Waals surface area contributed by atoms with Crippen molar-refractivity contribution in [2.45, 2.75) is 33.2 Å². The lowest BCUT2D eigenvalue weighted by atomic mass is 9.91. The summed E-state index contributed by atoms with van der Waals surface area (Å²) in [6.45, 7) is 13.0. The number of rotatable bonds is 8. The fraction of sp³-hybridized carbons (Fsp3) is 0.387. The van der Waals surface area contributed by atoms with Crippen molar-refractivity contribution in [3.05, 3.63) is 94.7 Å². The van der Waals surface area contributed by atoms with Gasteiger partial charge in [0.25, 0.3) is 5.91 Å². The average Bonchev–Trinajstić information content (AvgIpc) is 3.16. The van der Waals surface area contributed by atoms with E-state index in [9.17, 15) is 14.4 Å². The van der Waals surface area contributed by atoms with Gasteiger partial charge < -0.3 is 15.0 Å². The highest BCUT2D eigenvalue weighted by atomic mass is 16.5. The molecule has 2 aromatic rings. The minimum Gasteiger partial charge on any atom is -0.463 e. The van der Waals surface area contributed by atoms with Gasteiger partial charge in [0.1, 0.15) is 0 Å². The van der Waals surface area contributed by atoms with Gasteiger partial charge >= 0.3 is 12.0 Å². The predicted molar refractivity (Wildman–Crippen MR) is 151 cm³/mol. The average molecular weight is 531 g/mol. The van der Waals surface area contributed by atoms with Crippen molar-refractivity contribution in [1.29, 1.82) is 0 Å². The molecule has 2 aliphatic rings. The van der Waals surface area contributed by atoms with Gasteiger partial charge in [0.05, 0.1) is 18.2 Å². The lowest BCUT2D eigenvalue weighted by Gasteiger charge is -2.38. The third-order valence-corrected chi connectivity index (χ3v) is 7.29. The molecule has 0 bridgehead atoms. The molecule has 0 aromatic heterocycles. The maximum Gasteiger partial charge on any atom is 0.338 e. The lowest BCUT2D eigenvalue weighted by Crippen LogP contribution is -2.51. The van der Waals surface area contributed by atoms with Crippen LogP contribution in [0.15, 0.2) is 72.5 Å². The first kappa shape index (κ1) is 28.1. The van der Waals surface area contributed by atoms with Crippen LogP contribution in [0.4, 0.5) is 4.79 Å². The molecule has 0 radical (unpaired) electrons. The van der Waals surface area contributed by atoms with Crippen LogP contribution < -0.4 is 5.32 Å². The Morgan fingerprint density at radius 3 is 2.49 bits per heavy atom. The number of esters is 1. The number of amides is 3. The summed E-state index contributed by atoms with van der Waals surface area (Å²) in [5.41, 5.74) is 4.68. The molecule has 39 heavy (non-hydrogen) atoms. The van der Waals surface area contributed by atoms with Gasteiger partial charge in [-0.3, -0.25) is 14.6 Å². The molecule has 2 aliphatic heterocycles. The van der Waals surface area contributed by atoms with Gasteiger partial charge in [-0.15, -0.1) is 6.58 Å². The van der Waals surface area contributed by atoms with Crippen molar-refractivity contribution in [1.82, 2.24) is 20.0 Å². The molecule has 1 fully saturated rings. The molecule has 2 heterocycles. The van der Waals surface area contributed by atoms with Crippen molar-refractivity contribution in [2.75, 3.05) is 45.9 Å². The first-order valence-electron chi connectivity index (χ1n) is 13.6. The molecule has 8 heteroatoms. The summed E-state index contributed by atoms with van der Waals surface area (Å²) in [5, 5.41) is 3.03. The summed E-state index contributed by atoms with van der Waals surface area (Å²) in [6.07, 6.45) is 2.44. The zero-order valence-electron chi connectivity index (χ0n) is 23.1. The maximum absolute atomic E-state index is 13.4. The van der Waals surface area contributed by atoms with Crippen molar-refractivity contribution in [2.24, 2.45) is 0 Å². The molecule has 1 saturated heterocycles. The highest BCUT2D eigenvalue weighted by Gasteiger charge is 2.39. The van der Waals surface area contributed by atoms with Gasteiger partial charge in [0, 0.05) is 50.5 Å². The van der Waals surface area contributed by atoms with E-state index in [0.29, 0.717) is 43.0 Å². The quantitative estimate of drug-likeness (QED) is 0.408. The van der Waals surface area contributed by atoms with Crippen LogP contribution >= 0.6 is 0 Å². The number of aryl methyl sites for hydroxylation is 2. The van der Waals surface area contributed by atoms with Gasteiger partial charge in [-0.1, -0.05) is 48.0 Å². The van der Waals surface area contributed by atoms with Crippen LogP contribution in [0.25, 0.3) is 0 Å². The normalized spacial score (nSPS) is 18.4. The first-order valence-corrected chi connectivity index (χ1v) is 13.6. The Balaban J connectivity index is 1.65. The fourth-order valence-corrected chi connectivity index (χ4v) is 5.21. The standard InChI is InChI=1S/C31H38N4O4/c1-5-16-35-26(21-33-17-9-18-34(20-19-33)29(36)24-14-12-22(3)13-15-24)27(30(37)39-6-2)28(32-31(35)38)25-11-8-7-10-23(25)4/h5,7-8,10-15,28H,1,6,9,16-21H2,2-4H3,(H,32,38). The van der Waals surface area contributed by atoms with Crippen LogP contribution in [0.5, 0.6) is 0 Å². The summed E-state index contributed by atoms with van der Waals surface area (Å²) in [4.78, 5) is 45.6. The monoisotopic (exact) mass is 530 g/mol. The number of carbonyl (C=O) groups is 3. The van der Waals surface area contributed by atoms with Gasteiger partial charge in [0.2, 0.25) is 0 Å². The van der Waals surface area contributed by atoms with Crippen molar-refractivity contribution in [3.8, 4) is 0 Å². The maximum atomic E-state index is 13.4. The third-order valence-electron chi connectivity index (χ3n) is 7.29. The SMILES string of the molecule is C=CCN1C(=O)NC(c2ccccc2C)C(C(=O)OCC)=C1CN1CCCN(C(=O)c2ccc(C)cc2)CC1. The minimum absolute atomic E-state index is 0.0215. The van der Waals surface area contributed by atoms with Crippen LogP contribution in [0, 0.1) is 13.8 Å². The third kappa shape index (κ3) is 6.40. The predicted octanol–water partition coefficient (Wildman–Crippen LogP) is 4.22. The lowest BCUT2D eigenvalue weighted by molar-refractivity contribution is -0.139. The second-order valence-corrected chi connectivity index (χ2v) is 10.0. The summed E-state index contributed by atoms with van der Waals surface area (Å²) >= 11 is 0. The fourth-order valence-electron chi connectivity index (χ4n) is 5.21. The largest absolute Gasteiger partial charge is 0.463 e. The molecule has 3 amide bonds. The second kappa shape index (κ2) is 12.8. The van der Waals surface area contributed by atoms with E-state index in [0.717, 1.165) is 29.7 Å². The first-order chi connectivity index (χ1) is 18.8. The summed E-state index contributed by atoms with van der Waals surface area (Å²) in [5.74, 6) is -0.422.